The lowest BCUT2D eigenvalue weighted by atomic mass is 9.84. The van der Waals surface area contributed by atoms with Crippen LogP contribution in [0.1, 0.15) is 61.6 Å². The number of carbonyl (C=O) groups excluding carboxylic acids is 1. The van der Waals surface area contributed by atoms with Crippen LogP contribution in [0.25, 0.3) is 5.57 Å². The van der Waals surface area contributed by atoms with Crippen LogP contribution >= 0.6 is 0 Å². The molecule has 3 rings (SSSR count). The second-order valence-corrected chi connectivity index (χ2v) is 8.57. The Balaban J connectivity index is 1.39. The minimum Gasteiger partial charge on any atom is -0.352 e. The van der Waals surface area contributed by atoms with Gasteiger partial charge in [-0.15, -0.1) is 0 Å². The highest BCUT2D eigenvalue weighted by Gasteiger charge is 2.23. The van der Waals surface area contributed by atoms with E-state index >= 15 is 0 Å². The number of amides is 1. The van der Waals surface area contributed by atoms with E-state index in [-0.39, 0.29) is 18.4 Å². The summed E-state index contributed by atoms with van der Waals surface area (Å²) in [5, 5.41) is 11.6. The van der Waals surface area contributed by atoms with Crippen molar-refractivity contribution in [3.63, 3.8) is 0 Å². The zero-order valence-electron chi connectivity index (χ0n) is 17.3. The molecular formula is C24H33N3O. The molecule has 0 atom stereocenters. The first-order chi connectivity index (χ1) is 13.5. The highest BCUT2D eigenvalue weighted by Crippen LogP contribution is 2.28. The van der Waals surface area contributed by atoms with E-state index in [0.717, 1.165) is 38.3 Å². The summed E-state index contributed by atoms with van der Waals surface area (Å²) in [6, 6.07) is 9.05. The molecule has 0 radical (unpaired) electrons. The molecule has 2 aliphatic rings. The Labute approximate surface area is 169 Å². The van der Waals surface area contributed by atoms with Gasteiger partial charge in [0, 0.05) is 19.1 Å². The summed E-state index contributed by atoms with van der Waals surface area (Å²) >= 11 is 0. The van der Waals surface area contributed by atoms with Gasteiger partial charge < -0.3 is 5.32 Å². The Hall–Kier alpha value is -2.12. The number of benzene rings is 1. The summed E-state index contributed by atoms with van der Waals surface area (Å²) in [7, 11) is 0. The van der Waals surface area contributed by atoms with Gasteiger partial charge in [-0.1, -0.05) is 35.4 Å². The number of nitrogens with zero attached hydrogens (tertiary/aromatic N) is 2. The van der Waals surface area contributed by atoms with Gasteiger partial charge in [0.05, 0.1) is 6.07 Å². The SMILES string of the molecule is Cc1cc(C)cc(C2=CCN(CCC3CCC(NC(=O)CC#N)CC3)CC2)c1. The number of nitrogens with one attached hydrogen (secondary N) is 1. The average Bonchev–Trinajstić information content (AvgIpc) is 2.67. The van der Waals surface area contributed by atoms with Crippen molar-refractivity contribution in [3.8, 4) is 6.07 Å². The van der Waals surface area contributed by atoms with E-state index < -0.39 is 0 Å². The fourth-order valence-electron chi connectivity index (χ4n) is 4.65. The lowest BCUT2D eigenvalue weighted by Crippen LogP contribution is -2.38. The number of hydrogen-bond acceptors (Lipinski definition) is 3. The molecule has 0 bridgehead atoms. The highest BCUT2D eigenvalue weighted by atomic mass is 16.1. The van der Waals surface area contributed by atoms with Crippen LogP contribution in [0.3, 0.4) is 0 Å². The molecule has 1 aromatic carbocycles. The van der Waals surface area contributed by atoms with E-state index in [1.54, 1.807) is 0 Å². The highest BCUT2D eigenvalue weighted by molar-refractivity contribution is 5.78. The fraction of sp³-hybridized carbons (Fsp3) is 0.583. The largest absolute Gasteiger partial charge is 0.352 e. The Morgan fingerprint density at radius 1 is 1.18 bits per heavy atom. The summed E-state index contributed by atoms with van der Waals surface area (Å²) in [4.78, 5) is 14.1. The molecule has 0 spiro atoms. The van der Waals surface area contributed by atoms with Crippen molar-refractivity contribution in [1.82, 2.24) is 10.2 Å². The molecule has 28 heavy (non-hydrogen) atoms. The van der Waals surface area contributed by atoms with Gasteiger partial charge in [0.25, 0.3) is 0 Å². The van der Waals surface area contributed by atoms with Crippen molar-refractivity contribution in [2.24, 2.45) is 5.92 Å². The molecule has 1 saturated carbocycles. The maximum atomic E-state index is 11.5. The van der Waals surface area contributed by atoms with Crippen LogP contribution in [-0.4, -0.2) is 36.5 Å². The van der Waals surface area contributed by atoms with Crippen LogP contribution in [0, 0.1) is 31.1 Å². The maximum absolute atomic E-state index is 11.5. The minimum absolute atomic E-state index is 0.0213. The fourth-order valence-corrected chi connectivity index (χ4v) is 4.65. The molecule has 1 aliphatic carbocycles. The average molecular weight is 380 g/mol. The Kier molecular flexibility index (Phi) is 7.28. The van der Waals surface area contributed by atoms with Gasteiger partial charge in [-0.2, -0.15) is 5.26 Å². The van der Waals surface area contributed by atoms with E-state index in [4.69, 9.17) is 5.26 Å². The van der Waals surface area contributed by atoms with Crippen molar-refractivity contribution in [2.75, 3.05) is 19.6 Å². The Morgan fingerprint density at radius 3 is 2.50 bits per heavy atom. The molecule has 0 unspecified atom stereocenters. The Morgan fingerprint density at radius 2 is 1.89 bits per heavy atom. The predicted molar refractivity (Wildman–Crippen MR) is 114 cm³/mol. The van der Waals surface area contributed by atoms with Gasteiger partial charge in [-0.3, -0.25) is 9.69 Å². The molecule has 1 heterocycles. The van der Waals surface area contributed by atoms with Crippen molar-refractivity contribution in [1.29, 1.82) is 5.26 Å². The Bertz CT molecular complexity index is 733. The monoisotopic (exact) mass is 379 g/mol. The lowest BCUT2D eigenvalue weighted by Gasteiger charge is -2.32. The summed E-state index contributed by atoms with van der Waals surface area (Å²) in [6.45, 7) is 7.73. The van der Waals surface area contributed by atoms with Gasteiger partial charge in [-0.25, -0.2) is 0 Å². The van der Waals surface area contributed by atoms with Gasteiger partial charge in [0.15, 0.2) is 0 Å². The maximum Gasteiger partial charge on any atom is 0.234 e. The molecule has 0 aromatic heterocycles. The molecule has 4 nitrogen and oxygen atoms in total. The summed E-state index contributed by atoms with van der Waals surface area (Å²) in [6.07, 6.45) is 9.28. The van der Waals surface area contributed by atoms with Crippen LogP contribution in [0.5, 0.6) is 0 Å². The molecule has 1 amide bonds. The molecule has 1 N–H and O–H groups in total. The molecule has 4 heteroatoms. The first kappa shape index (κ1) is 20.6. The topological polar surface area (TPSA) is 56.1 Å². The van der Waals surface area contributed by atoms with Gasteiger partial charge >= 0.3 is 0 Å². The van der Waals surface area contributed by atoms with E-state index in [0.29, 0.717) is 0 Å². The van der Waals surface area contributed by atoms with Crippen LogP contribution in [0.15, 0.2) is 24.3 Å². The second kappa shape index (κ2) is 9.89. The molecule has 1 aromatic rings. The molecular weight excluding hydrogens is 346 g/mol. The number of aryl methyl sites for hydroxylation is 2. The summed E-state index contributed by atoms with van der Waals surface area (Å²) in [5.74, 6) is 0.652. The zero-order chi connectivity index (χ0) is 19.9. The number of rotatable bonds is 6. The normalized spacial score (nSPS) is 23.0. The first-order valence-corrected chi connectivity index (χ1v) is 10.7. The summed E-state index contributed by atoms with van der Waals surface area (Å²) in [5.41, 5.74) is 5.58. The number of hydrogen-bond donors (Lipinski definition) is 1. The van der Waals surface area contributed by atoms with Crippen LogP contribution in [-0.2, 0) is 4.79 Å². The second-order valence-electron chi connectivity index (χ2n) is 8.57. The predicted octanol–water partition coefficient (Wildman–Crippen LogP) is 4.37. The van der Waals surface area contributed by atoms with Crippen LogP contribution in [0.4, 0.5) is 0 Å². The molecule has 150 valence electrons. The number of nitriles is 1. The van der Waals surface area contributed by atoms with Gasteiger partial charge in [0.1, 0.15) is 6.42 Å². The third kappa shape index (κ3) is 5.94. The van der Waals surface area contributed by atoms with E-state index in [1.165, 1.54) is 48.1 Å². The van der Waals surface area contributed by atoms with Gasteiger partial charge in [-0.05, 0) is 76.0 Å². The lowest BCUT2D eigenvalue weighted by molar-refractivity contribution is -0.121. The molecule has 1 fully saturated rings. The minimum atomic E-state index is -0.120. The first-order valence-electron chi connectivity index (χ1n) is 10.7. The zero-order valence-corrected chi connectivity index (χ0v) is 17.3. The van der Waals surface area contributed by atoms with Crippen molar-refractivity contribution in [2.45, 2.75) is 64.8 Å². The molecule has 0 saturated heterocycles. The third-order valence-electron chi connectivity index (χ3n) is 6.19. The van der Waals surface area contributed by atoms with Crippen molar-refractivity contribution < 1.29 is 4.79 Å². The summed E-state index contributed by atoms with van der Waals surface area (Å²) < 4.78 is 0. The standard InChI is InChI=1S/C24H33N3O/c1-18-15-19(2)17-22(16-18)21-9-13-27(14-10-21)12-8-20-3-5-23(6-4-20)26-24(28)7-11-25/h9,15-17,20,23H,3-8,10,12-14H2,1-2H3,(H,26,28). The van der Waals surface area contributed by atoms with Crippen LogP contribution in [0.2, 0.25) is 0 Å². The van der Waals surface area contributed by atoms with E-state index in [1.807, 2.05) is 6.07 Å². The smallest absolute Gasteiger partial charge is 0.234 e. The van der Waals surface area contributed by atoms with E-state index in [2.05, 4.69) is 48.3 Å². The number of carbonyl (C=O) groups is 1. The third-order valence-corrected chi connectivity index (χ3v) is 6.19. The van der Waals surface area contributed by atoms with Crippen molar-refractivity contribution >= 4 is 11.5 Å². The van der Waals surface area contributed by atoms with Gasteiger partial charge in [0.2, 0.25) is 5.91 Å². The quantitative estimate of drug-likeness (QED) is 0.798. The van der Waals surface area contributed by atoms with E-state index in [9.17, 15) is 4.79 Å². The van der Waals surface area contributed by atoms with Crippen LogP contribution < -0.4 is 5.32 Å². The van der Waals surface area contributed by atoms with Crippen molar-refractivity contribution in [3.05, 3.63) is 41.0 Å². The molecule has 1 aliphatic heterocycles.